The fourth-order valence-corrected chi connectivity index (χ4v) is 5.83. The first kappa shape index (κ1) is 20.9. The van der Waals surface area contributed by atoms with Gasteiger partial charge in [-0.3, -0.25) is 9.59 Å². The first-order valence-electron chi connectivity index (χ1n) is 10.2. The molecule has 2 amide bonds. The molecule has 1 fully saturated rings. The Morgan fingerprint density at radius 1 is 1.13 bits per heavy atom. The van der Waals surface area contributed by atoms with Crippen LogP contribution in [0.4, 0.5) is 5.69 Å². The molecule has 1 saturated heterocycles. The number of fused-ring (bicyclic) bond motifs is 1. The molecule has 1 N–H and O–H groups in total. The Morgan fingerprint density at radius 2 is 1.83 bits per heavy atom. The number of thioether (sulfide) groups is 1. The average Bonchev–Trinajstić information content (AvgIpc) is 3.18. The summed E-state index contributed by atoms with van der Waals surface area (Å²) in [5, 5.41) is 3.81. The molecule has 0 saturated carbocycles. The molecule has 0 radical (unpaired) electrons. The topological polar surface area (TPSA) is 62.3 Å². The second-order valence-corrected chi connectivity index (χ2v) is 10.1. The number of benzene rings is 2. The van der Waals surface area contributed by atoms with Crippen LogP contribution in [0.3, 0.4) is 0 Å². The number of hydrogen-bond acceptors (Lipinski definition) is 5. The fourth-order valence-electron chi connectivity index (χ4n) is 3.74. The molecule has 1 atom stereocenters. The SMILES string of the molecule is CC(=O)Nc1ccc(SC(C)C(=O)N2CCC(c3nc4ccccc4s3)CC2)cc1. The van der Waals surface area contributed by atoms with Gasteiger partial charge in [0, 0.05) is 36.5 Å². The minimum absolute atomic E-state index is 0.0896. The third kappa shape index (κ3) is 4.84. The third-order valence-corrected chi connectivity index (χ3v) is 7.60. The van der Waals surface area contributed by atoms with E-state index in [1.54, 1.807) is 23.1 Å². The van der Waals surface area contributed by atoms with E-state index in [1.165, 1.54) is 16.6 Å². The molecule has 1 aromatic heterocycles. The number of nitrogens with zero attached hydrogens (tertiary/aromatic N) is 2. The number of piperidine rings is 1. The molecule has 7 heteroatoms. The lowest BCUT2D eigenvalue weighted by molar-refractivity contribution is -0.131. The second-order valence-electron chi connectivity index (χ2n) is 7.59. The molecule has 2 heterocycles. The molecule has 5 nitrogen and oxygen atoms in total. The van der Waals surface area contributed by atoms with Gasteiger partial charge in [0.1, 0.15) is 0 Å². The Kier molecular flexibility index (Phi) is 6.39. The minimum Gasteiger partial charge on any atom is -0.342 e. The van der Waals surface area contributed by atoms with E-state index in [4.69, 9.17) is 4.98 Å². The quantitative estimate of drug-likeness (QED) is 0.559. The largest absolute Gasteiger partial charge is 0.342 e. The lowest BCUT2D eigenvalue weighted by Gasteiger charge is -2.32. The molecule has 1 aliphatic heterocycles. The van der Waals surface area contributed by atoms with Crippen molar-refractivity contribution >= 4 is 50.8 Å². The summed E-state index contributed by atoms with van der Waals surface area (Å²) in [6, 6.07) is 15.9. The van der Waals surface area contributed by atoms with Crippen LogP contribution in [-0.2, 0) is 9.59 Å². The molecule has 1 aliphatic rings. The van der Waals surface area contributed by atoms with Crippen molar-refractivity contribution in [1.82, 2.24) is 9.88 Å². The molecular formula is C23H25N3O2S2. The Bertz CT molecular complexity index is 1010. The van der Waals surface area contributed by atoms with Crippen molar-refractivity contribution in [2.45, 2.75) is 42.8 Å². The van der Waals surface area contributed by atoms with Crippen LogP contribution in [-0.4, -0.2) is 40.0 Å². The Labute approximate surface area is 184 Å². The Balaban J connectivity index is 1.31. The van der Waals surface area contributed by atoms with Crippen LogP contribution in [0, 0.1) is 0 Å². The molecule has 30 heavy (non-hydrogen) atoms. The lowest BCUT2D eigenvalue weighted by atomic mass is 9.97. The molecule has 0 bridgehead atoms. The molecule has 3 aromatic rings. The van der Waals surface area contributed by atoms with E-state index in [1.807, 2.05) is 42.2 Å². The Morgan fingerprint density at radius 3 is 2.50 bits per heavy atom. The maximum absolute atomic E-state index is 12.9. The van der Waals surface area contributed by atoms with E-state index in [2.05, 4.69) is 23.5 Å². The van der Waals surface area contributed by atoms with Crippen molar-refractivity contribution in [3.8, 4) is 0 Å². The highest BCUT2D eigenvalue weighted by molar-refractivity contribution is 8.00. The van der Waals surface area contributed by atoms with Crippen molar-refractivity contribution < 1.29 is 9.59 Å². The highest BCUT2D eigenvalue weighted by atomic mass is 32.2. The van der Waals surface area contributed by atoms with Crippen molar-refractivity contribution in [2.75, 3.05) is 18.4 Å². The lowest BCUT2D eigenvalue weighted by Crippen LogP contribution is -2.41. The van der Waals surface area contributed by atoms with Gasteiger partial charge in [-0.1, -0.05) is 12.1 Å². The number of carbonyl (C=O) groups is 2. The van der Waals surface area contributed by atoms with Gasteiger partial charge in [-0.25, -0.2) is 4.98 Å². The smallest absolute Gasteiger partial charge is 0.235 e. The summed E-state index contributed by atoms with van der Waals surface area (Å²) < 4.78 is 1.24. The summed E-state index contributed by atoms with van der Waals surface area (Å²) in [7, 11) is 0. The van der Waals surface area contributed by atoms with Crippen LogP contribution in [0.25, 0.3) is 10.2 Å². The highest BCUT2D eigenvalue weighted by Crippen LogP contribution is 2.34. The van der Waals surface area contributed by atoms with Crippen LogP contribution in [0.15, 0.2) is 53.4 Å². The normalized spacial score (nSPS) is 15.9. The summed E-state index contributed by atoms with van der Waals surface area (Å²) in [5.74, 6) is 0.539. The molecule has 156 valence electrons. The number of anilines is 1. The summed E-state index contributed by atoms with van der Waals surface area (Å²) in [6.07, 6.45) is 1.93. The molecule has 0 spiro atoms. The number of likely N-dealkylation sites (tertiary alicyclic amines) is 1. The highest BCUT2D eigenvalue weighted by Gasteiger charge is 2.28. The Hall–Kier alpha value is -2.38. The molecular weight excluding hydrogens is 414 g/mol. The van der Waals surface area contributed by atoms with Gasteiger partial charge in [0.05, 0.1) is 20.5 Å². The first-order chi connectivity index (χ1) is 14.5. The number of aromatic nitrogens is 1. The molecule has 1 unspecified atom stereocenters. The van der Waals surface area contributed by atoms with E-state index < -0.39 is 0 Å². The van der Waals surface area contributed by atoms with Crippen molar-refractivity contribution in [3.05, 3.63) is 53.5 Å². The van der Waals surface area contributed by atoms with Gasteiger partial charge in [-0.05, 0) is 56.2 Å². The zero-order valence-electron chi connectivity index (χ0n) is 17.1. The maximum atomic E-state index is 12.9. The van der Waals surface area contributed by atoms with E-state index >= 15 is 0 Å². The van der Waals surface area contributed by atoms with Crippen molar-refractivity contribution in [3.63, 3.8) is 0 Å². The average molecular weight is 440 g/mol. The maximum Gasteiger partial charge on any atom is 0.235 e. The summed E-state index contributed by atoms with van der Waals surface area (Å²) in [4.78, 5) is 31.9. The van der Waals surface area contributed by atoms with Gasteiger partial charge >= 0.3 is 0 Å². The van der Waals surface area contributed by atoms with Gasteiger partial charge < -0.3 is 10.2 Å². The van der Waals surface area contributed by atoms with Crippen LogP contribution >= 0.6 is 23.1 Å². The number of para-hydroxylation sites is 1. The number of thiazole rings is 1. The number of hydrogen-bond donors (Lipinski definition) is 1. The van der Waals surface area contributed by atoms with Gasteiger partial charge in [-0.15, -0.1) is 23.1 Å². The van der Waals surface area contributed by atoms with E-state index in [0.717, 1.165) is 42.0 Å². The number of amides is 2. The summed E-state index contributed by atoms with van der Waals surface area (Å²) >= 11 is 3.34. The van der Waals surface area contributed by atoms with Crippen LogP contribution < -0.4 is 5.32 Å². The summed E-state index contributed by atoms with van der Waals surface area (Å²) in [5.41, 5.74) is 1.84. The molecule has 0 aliphatic carbocycles. The zero-order valence-corrected chi connectivity index (χ0v) is 18.8. The monoisotopic (exact) mass is 439 g/mol. The van der Waals surface area contributed by atoms with Crippen molar-refractivity contribution in [2.24, 2.45) is 0 Å². The second kappa shape index (κ2) is 9.18. The van der Waals surface area contributed by atoms with E-state index in [0.29, 0.717) is 5.92 Å². The van der Waals surface area contributed by atoms with Crippen LogP contribution in [0.1, 0.15) is 37.6 Å². The van der Waals surface area contributed by atoms with Gasteiger partial charge in [0.2, 0.25) is 11.8 Å². The predicted molar refractivity (Wildman–Crippen MR) is 124 cm³/mol. The van der Waals surface area contributed by atoms with E-state index in [9.17, 15) is 9.59 Å². The summed E-state index contributed by atoms with van der Waals surface area (Å²) in [6.45, 7) is 5.02. The zero-order chi connectivity index (χ0) is 21.1. The van der Waals surface area contributed by atoms with E-state index in [-0.39, 0.29) is 17.1 Å². The minimum atomic E-state index is -0.143. The van der Waals surface area contributed by atoms with Gasteiger partial charge in [0.15, 0.2) is 0 Å². The van der Waals surface area contributed by atoms with Gasteiger partial charge in [0.25, 0.3) is 0 Å². The third-order valence-electron chi connectivity index (χ3n) is 5.30. The number of nitrogens with one attached hydrogen (secondary N) is 1. The number of rotatable bonds is 5. The molecule has 2 aromatic carbocycles. The fraction of sp³-hybridized carbons (Fsp3) is 0.348. The van der Waals surface area contributed by atoms with Crippen LogP contribution in [0.2, 0.25) is 0 Å². The molecule has 4 rings (SSSR count). The number of carbonyl (C=O) groups excluding carboxylic acids is 2. The van der Waals surface area contributed by atoms with Crippen LogP contribution in [0.5, 0.6) is 0 Å². The van der Waals surface area contributed by atoms with Gasteiger partial charge in [-0.2, -0.15) is 0 Å². The van der Waals surface area contributed by atoms with Crippen molar-refractivity contribution in [1.29, 1.82) is 0 Å². The standard InChI is InChI=1S/C23H25N3O2S2/c1-15(29-19-9-7-18(8-10-19)24-16(2)27)23(28)26-13-11-17(12-14-26)22-25-20-5-3-4-6-21(20)30-22/h3-10,15,17H,11-14H2,1-2H3,(H,24,27). The first-order valence-corrected chi connectivity index (χ1v) is 11.9. The predicted octanol–water partition coefficient (Wildman–Crippen LogP) is 5.14.